The molecule has 1 aromatic carbocycles. The van der Waals surface area contributed by atoms with Crippen molar-refractivity contribution in [2.45, 2.75) is 44.9 Å². The highest BCUT2D eigenvalue weighted by molar-refractivity contribution is 6.30. The molecule has 0 aromatic heterocycles. The van der Waals surface area contributed by atoms with Crippen LogP contribution in [0.1, 0.15) is 55.3 Å². The van der Waals surface area contributed by atoms with Crippen molar-refractivity contribution in [2.75, 3.05) is 19.6 Å². The zero-order chi connectivity index (χ0) is 17.6. The fourth-order valence-corrected chi connectivity index (χ4v) is 4.06. The minimum Gasteiger partial charge on any atom is -0.356 e. The van der Waals surface area contributed by atoms with Crippen LogP contribution in [0.5, 0.6) is 0 Å². The summed E-state index contributed by atoms with van der Waals surface area (Å²) in [5, 5.41) is 3.75. The molecule has 1 aliphatic heterocycles. The Balaban J connectivity index is 1.52. The van der Waals surface area contributed by atoms with E-state index in [-0.39, 0.29) is 17.7 Å². The molecule has 1 saturated carbocycles. The lowest BCUT2D eigenvalue weighted by Crippen LogP contribution is -2.46. The molecule has 0 spiro atoms. The Morgan fingerprint density at radius 1 is 1.04 bits per heavy atom. The van der Waals surface area contributed by atoms with Crippen LogP contribution in [0.25, 0.3) is 0 Å². The molecule has 1 aliphatic carbocycles. The van der Waals surface area contributed by atoms with E-state index in [9.17, 15) is 9.59 Å². The van der Waals surface area contributed by atoms with Gasteiger partial charge in [0.1, 0.15) is 0 Å². The SMILES string of the molecule is O=C(NCC1CCCCC1)C1CCCN(C(=O)c2ccc(Cl)cc2)C1. The Morgan fingerprint density at radius 2 is 1.76 bits per heavy atom. The number of amides is 2. The van der Waals surface area contributed by atoms with E-state index in [0.29, 0.717) is 29.6 Å². The highest BCUT2D eigenvalue weighted by Gasteiger charge is 2.29. The summed E-state index contributed by atoms with van der Waals surface area (Å²) in [6.45, 7) is 2.02. The molecular formula is C20H27ClN2O2. The molecule has 1 aromatic rings. The summed E-state index contributed by atoms with van der Waals surface area (Å²) in [5.41, 5.74) is 0.632. The predicted molar refractivity (Wildman–Crippen MR) is 99.7 cm³/mol. The van der Waals surface area contributed by atoms with Gasteiger partial charge in [-0.2, -0.15) is 0 Å². The molecule has 2 amide bonds. The monoisotopic (exact) mass is 362 g/mol. The first kappa shape index (κ1) is 18.2. The summed E-state index contributed by atoms with van der Waals surface area (Å²) in [6, 6.07) is 6.95. The van der Waals surface area contributed by atoms with Crippen LogP contribution in [0.3, 0.4) is 0 Å². The third-order valence-electron chi connectivity index (χ3n) is 5.46. The molecule has 1 atom stereocenters. The predicted octanol–water partition coefficient (Wildman–Crippen LogP) is 3.89. The Kier molecular flexibility index (Phi) is 6.35. The maximum atomic E-state index is 12.6. The third-order valence-corrected chi connectivity index (χ3v) is 5.71. The van der Waals surface area contributed by atoms with E-state index >= 15 is 0 Å². The van der Waals surface area contributed by atoms with Gasteiger partial charge in [-0.15, -0.1) is 0 Å². The van der Waals surface area contributed by atoms with Gasteiger partial charge in [-0.1, -0.05) is 30.9 Å². The summed E-state index contributed by atoms with van der Waals surface area (Å²) in [5.74, 6) is 0.641. The molecule has 1 unspecified atom stereocenters. The van der Waals surface area contributed by atoms with Gasteiger partial charge in [0.2, 0.25) is 5.91 Å². The van der Waals surface area contributed by atoms with E-state index in [1.165, 1.54) is 32.1 Å². The van der Waals surface area contributed by atoms with Gasteiger partial charge < -0.3 is 10.2 Å². The Labute approximate surface area is 154 Å². The van der Waals surface area contributed by atoms with Gasteiger partial charge in [0, 0.05) is 30.2 Å². The molecule has 4 nitrogen and oxygen atoms in total. The lowest BCUT2D eigenvalue weighted by Gasteiger charge is -2.32. The smallest absolute Gasteiger partial charge is 0.253 e. The lowest BCUT2D eigenvalue weighted by atomic mass is 9.89. The quantitative estimate of drug-likeness (QED) is 0.883. The maximum absolute atomic E-state index is 12.6. The van der Waals surface area contributed by atoms with Crippen molar-refractivity contribution >= 4 is 23.4 Å². The second-order valence-electron chi connectivity index (χ2n) is 7.35. The van der Waals surface area contributed by atoms with Gasteiger partial charge in [-0.3, -0.25) is 9.59 Å². The molecule has 1 heterocycles. The summed E-state index contributed by atoms with van der Waals surface area (Å²) in [7, 11) is 0. The Bertz CT molecular complexity index is 596. The second kappa shape index (κ2) is 8.70. The van der Waals surface area contributed by atoms with Gasteiger partial charge in [-0.05, 0) is 55.9 Å². The normalized spacial score (nSPS) is 21.8. The van der Waals surface area contributed by atoms with Crippen LogP contribution < -0.4 is 5.32 Å². The Morgan fingerprint density at radius 3 is 2.48 bits per heavy atom. The van der Waals surface area contributed by atoms with Gasteiger partial charge in [0.05, 0.1) is 5.92 Å². The van der Waals surface area contributed by atoms with Crippen molar-refractivity contribution in [3.63, 3.8) is 0 Å². The fraction of sp³-hybridized carbons (Fsp3) is 0.600. The molecular weight excluding hydrogens is 336 g/mol. The molecule has 5 heteroatoms. The first-order valence-electron chi connectivity index (χ1n) is 9.46. The average molecular weight is 363 g/mol. The molecule has 136 valence electrons. The maximum Gasteiger partial charge on any atom is 0.253 e. The molecule has 1 N–H and O–H groups in total. The number of hydrogen-bond donors (Lipinski definition) is 1. The standard InChI is InChI=1S/C20H27ClN2O2/c21-18-10-8-16(9-11-18)20(25)23-12-4-7-17(14-23)19(24)22-13-15-5-2-1-3-6-15/h8-11,15,17H,1-7,12-14H2,(H,22,24). The van der Waals surface area contributed by atoms with Gasteiger partial charge in [0.25, 0.3) is 5.91 Å². The number of carbonyl (C=O) groups excluding carboxylic acids is 2. The number of rotatable bonds is 4. The number of nitrogens with one attached hydrogen (secondary N) is 1. The van der Waals surface area contributed by atoms with Crippen LogP contribution in [0.15, 0.2) is 24.3 Å². The first-order valence-corrected chi connectivity index (χ1v) is 9.84. The van der Waals surface area contributed by atoms with Crippen molar-refractivity contribution in [3.8, 4) is 0 Å². The number of likely N-dealkylation sites (tertiary alicyclic amines) is 1. The van der Waals surface area contributed by atoms with Crippen LogP contribution in [0, 0.1) is 11.8 Å². The molecule has 3 rings (SSSR count). The van der Waals surface area contributed by atoms with Crippen molar-refractivity contribution in [1.82, 2.24) is 10.2 Å². The van der Waals surface area contributed by atoms with Crippen molar-refractivity contribution in [1.29, 1.82) is 0 Å². The zero-order valence-electron chi connectivity index (χ0n) is 14.7. The first-order chi connectivity index (χ1) is 12.1. The van der Waals surface area contributed by atoms with Crippen LogP contribution >= 0.6 is 11.6 Å². The largest absolute Gasteiger partial charge is 0.356 e. The summed E-state index contributed by atoms with van der Waals surface area (Å²) >= 11 is 5.89. The van der Waals surface area contributed by atoms with Crippen molar-refractivity contribution < 1.29 is 9.59 Å². The molecule has 0 radical (unpaired) electrons. The summed E-state index contributed by atoms with van der Waals surface area (Å²) < 4.78 is 0. The Hall–Kier alpha value is -1.55. The number of piperidine rings is 1. The number of benzene rings is 1. The topological polar surface area (TPSA) is 49.4 Å². The molecule has 25 heavy (non-hydrogen) atoms. The fourth-order valence-electron chi connectivity index (χ4n) is 3.93. The average Bonchev–Trinajstić information content (AvgIpc) is 2.67. The number of hydrogen-bond acceptors (Lipinski definition) is 2. The number of carbonyl (C=O) groups is 2. The van der Waals surface area contributed by atoms with E-state index in [1.54, 1.807) is 29.2 Å². The summed E-state index contributed by atoms with van der Waals surface area (Å²) in [6.07, 6.45) is 8.09. The third kappa shape index (κ3) is 4.97. The van der Waals surface area contributed by atoms with Crippen molar-refractivity contribution in [2.24, 2.45) is 11.8 Å². The minimum absolute atomic E-state index is 0.0125. The van der Waals surface area contributed by atoms with E-state index in [2.05, 4.69) is 5.32 Å². The number of nitrogens with zero attached hydrogens (tertiary/aromatic N) is 1. The van der Waals surface area contributed by atoms with E-state index in [0.717, 1.165) is 19.4 Å². The molecule has 0 bridgehead atoms. The van der Waals surface area contributed by atoms with E-state index in [1.807, 2.05) is 0 Å². The second-order valence-corrected chi connectivity index (χ2v) is 7.78. The van der Waals surface area contributed by atoms with Gasteiger partial charge >= 0.3 is 0 Å². The highest BCUT2D eigenvalue weighted by Crippen LogP contribution is 2.24. The molecule has 2 fully saturated rings. The molecule has 1 saturated heterocycles. The van der Waals surface area contributed by atoms with Gasteiger partial charge in [0.15, 0.2) is 0 Å². The molecule has 2 aliphatic rings. The summed E-state index contributed by atoms with van der Waals surface area (Å²) in [4.78, 5) is 27.0. The van der Waals surface area contributed by atoms with Crippen LogP contribution in [0.2, 0.25) is 5.02 Å². The van der Waals surface area contributed by atoms with Crippen LogP contribution in [-0.2, 0) is 4.79 Å². The highest BCUT2D eigenvalue weighted by atomic mass is 35.5. The van der Waals surface area contributed by atoms with E-state index < -0.39 is 0 Å². The van der Waals surface area contributed by atoms with Crippen LogP contribution in [-0.4, -0.2) is 36.3 Å². The minimum atomic E-state index is -0.0893. The lowest BCUT2D eigenvalue weighted by molar-refractivity contribution is -0.126. The zero-order valence-corrected chi connectivity index (χ0v) is 15.4. The van der Waals surface area contributed by atoms with Crippen LogP contribution in [0.4, 0.5) is 0 Å². The number of halogens is 1. The van der Waals surface area contributed by atoms with Gasteiger partial charge in [-0.25, -0.2) is 0 Å². The van der Waals surface area contributed by atoms with E-state index in [4.69, 9.17) is 11.6 Å². The van der Waals surface area contributed by atoms with Crippen molar-refractivity contribution in [3.05, 3.63) is 34.9 Å².